The Morgan fingerprint density at radius 2 is 1.90 bits per heavy atom. The number of anilines is 1. The van der Waals surface area contributed by atoms with Crippen LogP contribution >= 0.6 is 11.3 Å². The van der Waals surface area contributed by atoms with Crippen LogP contribution in [0.5, 0.6) is 0 Å². The molecule has 1 atom stereocenters. The largest absolute Gasteiger partial charge is 0.365 e. The summed E-state index contributed by atoms with van der Waals surface area (Å²) in [6.07, 6.45) is 5.30. The van der Waals surface area contributed by atoms with Gasteiger partial charge in [0.05, 0.1) is 30.0 Å². The van der Waals surface area contributed by atoms with Gasteiger partial charge in [-0.2, -0.15) is 0 Å². The van der Waals surface area contributed by atoms with Crippen LogP contribution in [0.1, 0.15) is 33.8 Å². The van der Waals surface area contributed by atoms with E-state index < -0.39 is 0 Å². The number of pyridine rings is 2. The fourth-order valence-electron chi connectivity index (χ4n) is 4.62. The van der Waals surface area contributed by atoms with E-state index in [1.165, 1.54) is 12.1 Å². The molecule has 6 aromatic rings. The fraction of sp³-hybridized carbons (Fsp3) is 0.133. The Balaban J connectivity index is 1.18. The number of amides is 1. The van der Waals surface area contributed by atoms with E-state index in [1.807, 2.05) is 24.7 Å². The number of hydrogen-bond donors (Lipinski definition) is 2. The summed E-state index contributed by atoms with van der Waals surface area (Å²) in [5, 5.41) is 8.49. The molecule has 9 heteroatoms. The van der Waals surface area contributed by atoms with Crippen molar-refractivity contribution in [3.63, 3.8) is 0 Å². The first kappa shape index (κ1) is 24.7. The molecule has 0 bridgehead atoms. The van der Waals surface area contributed by atoms with Crippen LogP contribution in [0.25, 0.3) is 32.4 Å². The lowest BCUT2D eigenvalue weighted by molar-refractivity contribution is 0.0940. The van der Waals surface area contributed by atoms with E-state index in [2.05, 4.69) is 55.9 Å². The van der Waals surface area contributed by atoms with Gasteiger partial charge in [-0.1, -0.05) is 24.3 Å². The van der Waals surface area contributed by atoms with Crippen molar-refractivity contribution in [3.05, 3.63) is 107 Å². The molecule has 0 saturated carbocycles. The minimum Gasteiger partial charge on any atom is -0.365 e. The molecule has 2 aromatic carbocycles. The number of aryl methyl sites for hydroxylation is 1. The normalized spacial score (nSPS) is 12.1. The van der Waals surface area contributed by atoms with Crippen LogP contribution in [-0.4, -0.2) is 25.4 Å². The molecule has 6 rings (SSSR count). The first-order valence-corrected chi connectivity index (χ1v) is 13.3. The van der Waals surface area contributed by atoms with Crippen LogP contribution < -0.4 is 10.6 Å². The van der Waals surface area contributed by atoms with E-state index in [9.17, 15) is 9.18 Å². The minimum absolute atomic E-state index is 0.249. The van der Waals surface area contributed by atoms with Crippen LogP contribution in [0.4, 0.5) is 10.2 Å². The van der Waals surface area contributed by atoms with Gasteiger partial charge in [0, 0.05) is 40.0 Å². The van der Waals surface area contributed by atoms with E-state index in [4.69, 9.17) is 0 Å². The van der Waals surface area contributed by atoms with E-state index in [-0.39, 0.29) is 17.8 Å². The molecule has 7 nitrogen and oxygen atoms in total. The average molecular weight is 537 g/mol. The van der Waals surface area contributed by atoms with Gasteiger partial charge >= 0.3 is 0 Å². The zero-order valence-electron chi connectivity index (χ0n) is 21.4. The first-order valence-electron chi connectivity index (χ1n) is 12.5. The third-order valence-corrected chi connectivity index (χ3v) is 7.83. The van der Waals surface area contributed by atoms with Crippen LogP contribution in [-0.2, 0) is 13.6 Å². The molecule has 0 spiro atoms. The van der Waals surface area contributed by atoms with Crippen molar-refractivity contribution in [1.29, 1.82) is 0 Å². The molecule has 1 amide bonds. The predicted molar refractivity (Wildman–Crippen MR) is 153 cm³/mol. The Morgan fingerprint density at radius 1 is 1.05 bits per heavy atom. The number of carbonyl (C=O) groups is 1. The lowest BCUT2D eigenvalue weighted by Gasteiger charge is -2.16. The molecule has 0 radical (unpaired) electrons. The highest BCUT2D eigenvalue weighted by Gasteiger charge is 2.16. The predicted octanol–water partition coefficient (Wildman–Crippen LogP) is 6.49. The number of carbonyl (C=O) groups excluding carboxylic acids is 1. The molecule has 0 unspecified atom stereocenters. The Kier molecular flexibility index (Phi) is 6.50. The van der Waals surface area contributed by atoms with Gasteiger partial charge in [-0.15, -0.1) is 11.3 Å². The standard InChI is InChI=1S/C30H25FN6OS/c1-18(19-7-9-22(31)10-8-19)36-30(38)24-4-3-13-32-28(24)34-16-23-11-12-26(39-23)20-5-6-21-15-33-29-27(25(21)14-20)37(2)17-35-29/h3-15,17-18H,16H2,1-2H3,(H,32,34)(H,36,38)/t18-/m0/s1. The number of hydrogen-bond acceptors (Lipinski definition) is 6. The van der Waals surface area contributed by atoms with Crippen LogP contribution in [0.2, 0.25) is 0 Å². The summed E-state index contributed by atoms with van der Waals surface area (Å²) in [6, 6.07) is 19.9. The number of nitrogens with one attached hydrogen (secondary N) is 2. The van der Waals surface area contributed by atoms with Gasteiger partial charge in [-0.05, 0) is 60.5 Å². The zero-order chi connectivity index (χ0) is 26.9. The second-order valence-electron chi connectivity index (χ2n) is 9.35. The maximum absolute atomic E-state index is 13.3. The van der Waals surface area contributed by atoms with Gasteiger partial charge in [0.1, 0.15) is 11.6 Å². The lowest BCUT2D eigenvalue weighted by atomic mass is 10.1. The summed E-state index contributed by atoms with van der Waals surface area (Å²) in [5.41, 5.74) is 4.15. The molecule has 194 valence electrons. The van der Waals surface area contributed by atoms with Gasteiger partial charge < -0.3 is 15.2 Å². The number of thiophene rings is 1. The summed E-state index contributed by atoms with van der Waals surface area (Å²) >= 11 is 1.69. The van der Waals surface area contributed by atoms with E-state index >= 15 is 0 Å². The number of rotatable bonds is 7. The van der Waals surface area contributed by atoms with Gasteiger partial charge in [0.25, 0.3) is 5.91 Å². The Bertz CT molecular complexity index is 1810. The van der Waals surface area contributed by atoms with Crippen LogP contribution in [0.15, 0.2) is 85.5 Å². The monoisotopic (exact) mass is 536 g/mol. The topological polar surface area (TPSA) is 84.7 Å². The van der Waals surface area contributed by atoms with Crippen LogP contribution in [0.3, 0.4) is 0 Å². The zero-order valence-corrected chi connectivity index (χ0v) is 22.2. The van der Waals surface area contributed by atoms with Gasteiger partial charge in [0.2, 0.25) is 0 Å². The quantitative estimate of drug-likeness (QED) is 0.244. The van der Waals surface area contributed by atoms with E-state index in [1.54, 1.807) is 48.1 Å². The minimum atomic E-state index is -0.309. The van der Waals surface area contributed by atoms with Crippen molar-refractivity contribution in [1.82, 2.24) is 24.8 Å². The second-order valence-corrected chi connectivity index (χ2v) is 10.5. The van der Waals surface area contributed by atoms with E-state index in [0.29, 0.717) is 17.9 Å². The Hall–Kier alpha value is -4.63. The van der Waals surface area contributed by atoms with Gasteiger partial charge in [-0.25, -0.2) is 19.3 Å². The third kappa shape index (κ3) is 4.96. The maximum Gasteiger partial charge on any atom is 0.255 e. The van der Waals surface area contributed by atoms with Crippen molar-refractivity contribution in [2.45, 2.75) is 19.5 Å². The summed E-state index contributed by atoms with van der Waals surface area (Å²) in [5.74, 6) is -0.0501. The highest BCUT2D eigenvalue weighted by Crippen LogP contribution is 2.33. The molecule has 0 saturated heterocycles. The first-order chi connectivity index (χ1) is 19.0. The summed E-state index contributed by atoms with van der Waals surface area (Å²) in [4.78, 5) is 28.6. The molecular formula is C30H25FN6OS. The molecular weight excluding hydrogens is 511 g/mol. The molecule has 0 aliphatic heterocycles. The molecule has 4 heterocycles. The highest BCUT2D eigenvalue weighted by molar-refractivity contribution is 7.15. The van der Waals surface area contributed by atoms with Crippen molar-refractivity contribution >= 4 is 45.0 Å². The number of fused-ring (bicyclic) bond motifs is 3. The SMILES string of the molecule is C[C@H](NC(=O)c1cccnc1NCc1ccc(-c2ccc3cnc4ncn(C)c4c3c2)s1)c1ccc(F)cc1. The Labute approximate surface area is 228 Å². The van der Waals surface area contributed by atoms with Gasteiger partial charge in [0.15, 0.2) is 5.65 Å². The second kappa shape index (κ2) is 10.3. The maximum atomic E-state index is 13.3. The number of aromatic nitrogens is 4. The average Bonchev–Trinajstić information content (AvgIpc) is 3.59. The summed E-state index contributed by atoms with van der Waals surface area (Å²) < 4.78 is 15.3. The smallest absolute Gasteiger partial charge is 0.255 e. The van der Waals surface area contributed by atoms with Crippen molar-refractivity contribution in [2.75, 3.05) is 5.32 Å². The number of halogens is 1. The van der Waals surface area contributed by atoms with E-state index in [0.717, 1.165) is 42.8 Å². The highest BCUT2D eigenvalue weighted by atomic mass is 32.1. The number of nitrogens with zero attached hydrogens (tertiary/aromatic N) is 4. The van der Waals surface area contributed by atoms with Crippen molar-refractivity contribution in [2.24, 2.45) is 7.05 Å². The molecule has 0 aliphatic rings. The van der Waals surface area contributed by atoms with Crippen LogP contribution in [0, 0.1) is 5.82 Å². The Morgan fingerprint density at radius 3 is 2.74 bits per heavy atom. The molecule has 2 N–H and O–H groups in total. The lowest BCUT2D eigenvalue weighted by Crippen LogP contribution is -2.27. The summed E-state index contributed by atoms with van der Waals surface area (Å²) in [7, 11) is 1.98. The van der Waals surface area contributed by atoms with Crippen molar-refractivity contribution in [3.8, 4) is 10.4 Å². The fourth-order valence-corrected chi connectivity index (χ4v) is 5.56. The number of benzene rings is 2. The van der Waals surface area contributed by atoms with Gasteiger partial charge in [-0.3, -0.25) is 4.79 Å². The third-order valence-electron chi connectivity index (χ3n) is 6.70. The molecule has 0 aliphatic carbocycles. The number of imidazole rings is 1. The molecule has 0 fully saturated rings. The van der Waals surface area contributed by atoms with Crippen molar-refractivity contribution < 1.29 is 9.18 Å². The molecule has 39 heavy (non-hydrogen) atoms. The summed E-state index contributed by atoms with van der Waals surface area (Å²) in [6.45, 7) is 2.39. The molecule has 4 aromatic heterocycles.